The zero-order chi connectivity index (χ0) is 28.1. The van der Waals surface area contributed by atoms with Gasteiger partial charge in [-0.1, -0.05) is 78.7 Å². The number of benzene rings is 5. The lowest BCUT2D eigenvalue weighted by Crippen LogP contribution is -2.34. The van der Waals surface area contributed by atoms with Gasteiger partial charge in [-0.25, -0.2) is 4.79 Å². The van der Waals surface area contributed by atoms with Crippen LogP contribution in [0.3, 0.4) is 0 Å². The molecule has 5 aromatic rings. The lowest BCUT2D eigenvalue weighted by Gasteiger charge is -2.38. The molecule has 0 radical (unpaired) electrons. The van der Waals surface area contributed by atoms with Crippen LogP contribution in [0.1, 0.15) is 50.7 Å². The van der Waals surface area contributed by atoms with Gasteiger partial charge < -0.3 is 20.1 Å². The lowest BCUT2D eigenvalue weighted by molar-refractivity contribution is 0.0227. The fourth-order valence-electron chi connectivity index (χ4n) is 6.02. The molecular formula is C36H30N2O3. The average Bonchev–Trinajstić information content (AvgIpc) is 3.28. The summed E-state index contributed by atoms with van der Waals surface area (Å²) in [6, 6.07) is 34.1. The molecule has 0 bridgehead atoms. The molecule has 1 spiro atoms. The molecule has 0 saturated heterocycles. The summed E-state index contributed by atoms with van der Waals surface area (Å²) in [5.41, 5.74) is 8.90. The summed E-state index contributed by atoms with van der Waals surface area (Å²) >= 11 is 0. The molecule has 5 heteroatoms. The van der Waals surface area contributed by atoms with Crippen molar-refractivity contribution in [1.29, 1.82) is 0 Å². The SMILES string of the molecule is CCc1cc(C)ccc1Nc1ccc2c(c1Nc1ccc(C)cc1)C1(OC(=O)c3ccccc31)c1ccccc1O2. The topological polar surface area (TPSA) is 59.6 Å². The summed E-state index contributed by atoms with van der Waals surface area (Å²) in [7, 11) is 0. The van der Waals surface area contributed by atoms with Crippen LogP contribution in [0.5, 0.6) is 11.5 Å². The van der Waals surface area contributed by atoms with E-state index in [2.05, 4.69) is 73.9 Å². The van der Waals surface area contributed by atoms with E-state index in [1.165, 1.54) is 16.7 Å². The molecule has 1 unspecified atom stereocenters. The molecule has 2 aliphatic rings. The van der Waals surface area contributed by atoms with E-state index in [-0.39, 0.29) is 5.97 Å². The number of carbonyl (C=O) groups is 1. The summed E-state index contributed by atoms with van der Waals surface area (Å²) in [6.07, 6.45) is 0.890. The Hall–Kier alpha value is -5.03. The minimum atomic E-state index is -1.19. The van der Waals surface area contributed by atoms with Crippen molar-refractivity contribution in [1.82, 2.24) is 0 Å². The van der Waals surface area contributed by atoms with Crippen LogP contribution in [-0.2, 0) is 16.8 Å². The van der Waals surface area contributed by atoms with E-state index in [1.54, 1.807) is 0 Å². The van der Waals surface area contributed by atoms with E-state index in [4.69, 9.17) is 9.47 Å². The smallest absolute Gasteiger partial charge is 0.340 e. The number of nitrogens with one attached hydrogen (secondary N) is 2. The molecule has 5 aromatic carbocycles. The van der Waals surface area contributed by atoms with Crippen molar-refractivity contribution in [2.24, 2.45) is 0 Å². The number of anilines is 4. The van der Waals surface area contributed by atoms with Crippen LogP contribution in [0.25, 0.3) is 0 Å². The number of ether oxygens (including phenoxy) is 2. The normalized spacial score (nSPS) is 16.3. The van der Waals surface area contributed by atoms with E-state index < -0.39 is 5.60 Å². The number of fused-ring (bicyclic) bond motifs is 6. The Balaban J connectivity index is 1.52. The third kappa shape index (κ3) is 3.96. The van der Waals surface area contributed by atoms with E-state index in [0.717, 1.165) is 45.9 Å². The fourth-order valence-corrected chi connectivity index (χ4v) is 6.02. The van der Waals surface area contributed by atoms with Gasteiger partial charge in [-0.2, -0.15) is 0 Å². The zero-order valence-electron chi connectivity index (χ0n) is 23.2. The average molecular weight is 539 g/mol. The van der Waals surface area contributed by atoms with Gasteiger partial charge in [0, 0.05) is 22.5 Å². The van der Waals surface area contributed by atoms with E-state index in [0.29, 0.717) is 17.1 Å². The highest BCUT2D eigenvalue weighted by Gasteiger charge is 2.55. The van der Waals surface area contributed by atoms with E-state index >= 15 is 0 Å². The number of para-hydroxylation sites is 1. The number of rotatable bonds is 5. The van der Waals surface area contributed by atoms with Gasteiger partial charge >= 0.3 is 5.97 Å². The van der Waals surface area contributed by atoms with Gasteiger partial charge in [0.05, 0.1) is 22.5 Å². The summed E-state index contributed by atoms with van der Waals surface area (Å²) in [5.74, 6) is 0.945. The van der Waals surface area contributed by atoms with E-state index in [1.807, 2.05) is 60.7 Å². The molecule has 2 heterocycles. The van der Waals surface area contributed by atoms with Crippen LogP contribution in [0.2, 0.25) is 0 Å². The van der Waals surface area contributed by atoms with Crippen molar-refractivity contribution in [2.75, 3.05) is 10.6 Å². The molecule has 0 saturated carbocycles. The maximum atomic E-state index is 13.5. The highest BCUT2D eigenvalue weighted by atomic mass is 16.6. The number of aryl methyl sites for hydroxylation is 3. The summed E-state index contributed by atoms with van der Waals surface area (Å²) in [4.78, 5) is 13.5. The van der Waals surface area contributed by atoms with E-state index in [9.17, 15) is 4.79 Å². The predicted molar refractivity (Wildman–Crippen MR) is 163 cm³/mol. The van der Waals surface area contributed by atoms with Gasteiger partial charge in [-0.15, -0.1) is 0 Å². The van der Waals surface area contributed by atoms with Crippen molar-refractivity contribution >= 4 is 28.7 Å². The first-order valence-corrected chi connectivity index (χ1v) is 14.0. The third-order valence-electron chi connectivity index (χ3n) is 8.01. The Bertz CT molecular complexity index is 1830. The largest absolute Gasteiger partial charge is 0.456 e. The quantitative estimate of drug-likeness (QED) is 0.219. The standard InChI is InChI=1S/C36H30N2O3/c1-4-24-21-23(3)15-18-29(24)38-30-19-20-32-33(34(30)37-25-16-13-22(2)14-17-25)36(28-11-7-8-12-31(28)40-32)27-10-6-5-9-26(27)35(39)41-36/h5-21,37-38H,4H2,1-3H3. The van der Waals surface area contributed by atoms with Crippen LogP contribution in [0.15, 0.2) is 103 Å². The van der Waals surface area contributed by atoms with Crippen LogP contribution in [0.4, 0.5) is 22.7 Å². The highest BCUT2D eigenvalue weighted by molar-refractivity contribution is 5.98. The minimum Gasteiger partial charge on any atom is -0.456 e. The second kappa shape index (κ2) is 9.56. The van der Waals surface area contributed by atoms with Crippen LogP contribution < -0.4 is 15.4 Å². The Kier molecular flexibility index (Phi) is 5.82. The maximum Gasteiger partial charge on any atom is 0.340 e. The molecule has 2 N–H and O–H groups in total. The first-order chi connectivity index (χ1) is 20.0. The van der Waals surface area contributed by atoms with Gasteiger partial charge in [-0.3, -0.25) is 0 Å². The number of hydrogen-bond acceptors (Lipinski definition) is 5. The van der Waals surface area contributed by atoms with Crippen LogP contribution in [-0.4, -0.2) is 5.97 Å². The predicted octanol–water partition coefficient (Wildman–Crippen LogP) is 8.92. The lowest BCUT2D eigenvalue weighted by atomic mass is 9.76. The monoisotopic (exact) mass is 538 g/mol. The Morgan fingerprint density at radius 2 is 1.41 bits per heavy atom. The van der Waals surface area contributed by atoms with Gasteiger partial charge in [0.2, 0.25) is 0 Å². The third-order valence-corrected chi connectivity index (χ3v) is 8.01. The number of esters is 1. The fraction of sp³-hybridized carbons (Fsp3) is 0.139. The van der Waals surface area contributed by atoms with Crippen molar-refractivity contribution in [3.8, 4) is 11.5 Å². The van der Waals surface area contributed by atoms with Crippen molar-refractivity contribution in [2.45, 2.75) is 32.8 Å². The minimum absolute atomic E-state index is 0.352. The van der Waals surface area contributed by atoms with Crippen molar-refractivity contribution in [3.63, 3.8) is 0 Å². The first kappa shape index (κ1) is 25.0. The second-order valence-corrected chi connectivity index (χ2v) is 10.7. The summed E-state index contributed by atoms with van der Waals surface area (Å²) < 4.78 is 13.0. The molecule has 5 nitrogen and oxygen atoms in total. The van der Waals surface area contributed by atoms with Gasteiger partial charge in [0.25, 0.3) is 0 Å². The number of carbonyl (C=O) groups excluding carboxylic acids is 1. The van der Waals surface area contributed by atoms with Gasteiger partial charge in [0.15, 0.2) is 5.60 Å². The Morgan fingerprint density at radius 3 is 2.22 bits per heavy atom. The van der Waals surface area contributed by atoms with Gasteiger partial charge in [0.1, 0.15) is 11.5 Å². The molecule has 0 aromatic heterocycles. The maximum absolute atomic E-state index is 13.5. The van der Waals surface area contributed by atoms with Crippen LogP contribution >= 0.6 is 0 Å². The number of hydrogen-bond donors (Lipinski definition) is 2. The van der Waals surface area contributed by atoms with Crippen LogP contribution in [0, 0.1) is 13.8 Å². The summed E-state index contributed by atoms with van der Waals surface area (Å²) in [5, 5.41) is 7.40. The zero-order valence-corrected chi connectivity index (χ0v) is 23.2. The molecule has 2 aliphatic heterocycles. The molecule has 0 amide bonds. The molecule has 0 fully saturated rings. The van der Waals surface area contributed by atoms with Crippen molar-refractivity contribution < 1.29 is 14.3 Å². The first-order valence-electron chi connectivity index (χ1n) is 14.0. The Morgan fingerprint density at radius 1 is 0.707 bits per heavy atom. The molecule has 0 aliphatic carbocycles. The molecule has 202 valence electrons. The van der Waals surface area contributed by atoms with Crippen molar-refractivity contribution in [3.05, 3.63) is 142 Å². The Labute approximate surface area is 239 Å². The molecule has 7 rings (SSSR count). The second-order valence-electron chi connectivity index (χ2n) is 10.7. The summed E-state index contributed by atoms with van der Waals surface area (Å²) in [6.45, 7) is 6.34. The molecule has 1 atom stereocenters. The molecule has 41 heavy (non-hydrogen) atoms. The molecular weight excluding hydrogens is 508 g/mol. The van der Waals surface area contributed by atoms with Gasteiger partial charge in [-0.05, 0) is 68.3 Å². The highest BCUT2D eigenvalue weighted by Crippen LogP contribution is 2.59.